The van der Waals surface area contributed by atoms with E-state index in [-0.39, 0.29) is 18.0 Å². The maximum absolute atomic E-state index is 11.8. The summed E-state index contributed by atoms with van der Waals surface area (Å²) >= 11 is 0. The number of rotatable bonds is 3. The lowest BCUT2D eigenvalue weighted by atomic mass is 9.66. The van der Waals surface area contributed by atoms with Crippen LogP contribution in [0.15, 0.2) is 48.7 Å². The van der Waals surface area contributed by atoms with E-state index in [1.807, 2.05) is 42.6 Å². The first-order chi connectivity index (χ1) is 13.6. The van der Waals surface area contributed by atoms with Crippen molar-refractivity contribution in [3.05, 3.63) is 59.9 Å². The van der Waals surface area contributed by atoms with Crippen LogP contribution in [0.5, 0.6) is 0 Å². The van der Waals surface area contributed by atoms with E-state index in [4.69, 9.17) is 4.74 Å². The minimum atomic E-state index is -0.0617. The lowest BCUT2D eigenvalue weighted by molar-refractivity contribution is -0.142. The molecule has 0 N–H and O–H groups in total. The van der Waals surface area contributed by atoms with Crippen molar-refractivity contribution in [1.82, 2.24) is 4.98 Å². The molecule has 0 bridgehead atoms. The summed E-state index contributed by atoms with van der Waals surface area (Å²) in [6.07, 6.45) is 7.63. The summed E-state index contributed by atoms with van der Waals surface area (Å²) in [5.41, 5.74) is 3.36. The number of benzene rings is 1. The molecule has 1 saturated heterocycles. The van der Waals surface area contributed by atoms with E-state index in [2.05, 4.69) is 37.1 Å². The number of carbonyl (C=O) groups excluding carboxylic acids is 1. The van der Waals surface area contributed by atoms with Crippen molar-refractivity contribution < 1.29 is 9.53 Å². The van der Waals surface area contributed by atoms with Crippen LogP contribution in [-0.4, -0.2) is 17.1 Å². The summed E-state index contributed by atoms with van der Waals surface area (Å²) in [6, 6.07) is 13.8. The summed E-state index contributed by atoms with van der Waals surface area (Å²) in [5, 5.41) is 9.29. The number of nitriles is 1. The predicted molar refractivity (Wildman–Crippen MR) is 108 cm³/mol. The van der Waals surface area contributed by atoms with Crippen LogP contribution in [0.3, 0.4) is 0 Å². The molecule has 28 heavy (non-hydrogen) atoms. The maximum atomic E-state index is 11.8. The Morgan fingerprint density at radius 3 is 2.79 bits per heavy atom. The van der Waals surface area contributed by atoms with Crippen LogP contribution in [0.2, 0.25) is 0 Å². The molecule has 4 nitrogen and oxygen atoms in total. The van der Waals surface area contributed by atoms with Crippen molar-refractivity contribution in [3.63, 3.8) is 0 Å². The molecular formula is C24H24N2O2. The third-order valence-corrected chi connectivity index (χ3v) is 6.40. The monoisotopic (exact) mass is 372 g/mol. The highest BCUT2D eigenvalue weighted by Crippen LogP contribution is 2.45. The molecule has 1 aromatic heterocycles. The van der Waals surface area contributed by atoms with Crippen molar-refractivity contribution in [2.45, 2.75) is 32.8 Å². The molecule has 142 valence electrons. The third kappa shape index (κ3) is 3.45. The molecule has 4 rings (SSSR count). The standard InChI is InChI=1S/C24H24N2O2/c1-15-11-23-22(12-24(27)28-23)20(16(15)2)10-9-19-8-7-18(14-26-19)21-6-4-3-5-17(21)13-25/h3-10,14-16,20,22-23H,11-12H2,1-2H3/b10-9+. The van der Waals surface area contributed by atoms with Crippen molar-refractivity contribution in [2.24, 2.45) is 23.7 Å². The van der Waals surface area contributed by atoms with Gasteiger partial charge in [-0.25, -0.2) is 0 Å². The average molecular weight is 372 g/mol. The Hall–Kier alpha value is -2.93. The zero-order valence-electron chi connectivity index (χ0n) is 16.2. The van der Waals surface area contributed by atoms with Gasteiger partial charge in [-0.15, -0.1) is 0 Å². The van der Waals surface area contributed by atoms with Gasteiger partial charge in [0.15, 0.2) is 0 Å². The number of nitrogens with zero attached hydrogens (tertiary/aromatic N) is 2. The van der Waals surface area contributed by atoms with Gasteiger partial charge in [0.2, 0.25) is 0 Å². The highest BCUT2D eigenvalue weighted by Gasteiger charge is 2.46. The Morgan fingerprint density at radius 1 is 1.21 bits per heavy atom. The van der Waals surface area contributed by atoms with Crippen LogP contribution in [0, 0.1) is 35.0 Å². The molecule has 1 aliphatic carbocycles. The Bertz CT molecular complexity index is 942. The fourth-order valence-electron chi connectivity index (χ4n) is 4.61. The summed E-state index contributed by atoms with van der Waals surface area (Å²) in [6.45, 7) is 4.52. The number of pyridine rings is 1. The largest absolute Gasteiger partial charge is 0.462 e. The van der Waals surface area contributed by atoms with Crippen LogP contribution < -0.4 is 0 Å². The van der Waals surface area contributed by atoms with Gasteiger partial charge in [0.05, 0.1) is 23.7 Å². The van der Waals surface area contributed by atoms with Gasteiger partial charge in [-0.2, -0.15) is 5.26 Å². The van der Waals surface area contributed by atoms with E-state index in [9.17, 15) is 10.1 Å². The SMILES string of the molecule is CC1CC2OC(=O)CC2C(/C=C/c2ccc(-c3ccccc3C#N)cn2)C1C. The van der Waals surface area contributed by atoms with Gasteiger partial charge in [0, 0.05) is 23.2 Å². The average Bonchev–Trinajstić information content (AvgIpc) is 3.08. The quantitative estimate of drug-likeness (QED) is 0.722. The lowest BCUT2D eigenvalue weighted by Gasteiger charge is -2.39. The molecule has 1 aromatic carbocycles. The van der Waals surface area contributed by atoms with Gasteiger partial charge >= 0.3 is 5.97 Å². The first kappa shape index (κ1) is 18.4. The van der Waals surface area contributed by atoms with Gasteiger partial charge < -0.3 is 4.74 Å². The molecular weight excluding hydrogens is 348 g/mol. The molecule has 4 heteroatoms. The smallest absolute Gasteiger partial charge is 0.306 e. The fraction of sp³-hybridized carbons (Fsp3) is 0.375. The zero-order valence-corrected chi connectivity index (χ0v) is 16.2. The minimum absolute atomic E-state index is 0.0613. The number of esters is 1. The van der Waals surface area contributed by atoms with E-state index in [1.165, 1.54) is 0 Å². The van der Waals surface area contributed by atoms with Crippen LogP contribution in [0.1, 0.15) is 37.9 Å². The Kier molecular flexibility index (Phi) is 5.00. The topological polar surface area (TPSA) is 63.0 Å². The lowest BCUT2D eigenvalue weighted by Crippen LogP contribution is -2.38. The number of carbonyl (C=O) groups is 1. The molecule has 2 fully saturated rings. The number of hydrogen-bond acceptors (Lipinski definition) is 4. The molecule has 2 aromatic rings. The second kappa shape index (κ2) is 7.59. The third-order valence-electron chi connectivity index (χ3n) is 6.40. The summed E-state index contributed by atoms with van der Waals surface area (Å²) in [7, 11) is 0. The Morgan fingerprint density at radius 2 is 2.04 bits per heavy atom. The second-order valence-corrected chi connectivity index (χ2v) is 8.03. The van der Waals surface area contributed by atoms with Gasteiger partial charge in [0.25, 0.3) is 0 Å². The number of allylic oxidation sites excluding steroid dienone is 1. The molecule has 1 saturated carbocycles. The van der Waals surface area contributed by atoms with Crippen molar-refractivity contribution in [3.8, 4) is 17.2 Å². The van der Waals surface area contributed by atoms with Crippen molar-refractivity contribution >= 4 is 12.0 Å². The van der Waals surface area contributed by atoms with Gasteiger partial charge in [-0.1, -0.05) is 44.2 Å². The maximum Gasteiger partial charge on any atom is 0.306 e. The fourth-order valence-corrected chi connectivity index (χ4v) is 4.61. The molecule has 0 radical (unpaired) electrons. The first-order valence-electron chi connectivity index (χ1n) is 9.90. The summed E-state index contributed by atoms with van der Waals surface area (Å²) < 4.78 is 5.54. The molecule has 0 spiro atoms. The summed E-state index contributed by atoms with van der Waals surface area (Å²) in [5.74, 6) is 1.57. The van der Waals surface area contributed by atoms with Gasteiger partial charge in [-0.05, 0) is 42.4 Å². The molecule has 2 aliphatic rings. The highest BCUT2D eigenvalue weighted by molar-refractivity contribution is 5.72. The van der Waals surface area contributed by atoms with Crippen LogP contribution >= 0.6 is 0 Å². The van der Waals surface area contributed by atoms with Crippen LogP contribution in [0.4, 0.5) is 0 Å². The Balaban J connectivity index is 1.54. The normalized spacial score (nSPS) is 29.3. The zero-order chi connectivity index (χ0) is 19.7. The van der Waals surface area contributed by atoms with Crippen molar-refractivity contribution in [1.29, 1.82) is 5.26 Å². The number of hydrogen-bond donors (Lipinski definition) is 0. The van der Waals surface area contributed by atoms with E-state index in [1.54, 1.807) is 0 Å². The van der Waals surface area contributed by atoms with E-state index in [0.29, 0.717) is 29.7 Å². The molecule has 0 amide bonds. The van der Waals surface area contributed by atoms with E-state index >= 15 is 0 Å². The number of ether oxygens (including phenoxy) is 1. The summed E-state index contributed by atoms with van der Waals surface area (Å²) in [4.78, 5) is 16.4. The molecule has 1 aliphatic heterocycles. The van der Waals surface area contributed by atoms with E-state index in [0.717, 1.165) is 23.2 Å². The predicted octanol–water partition coefficient (Wildman–Crippen LogP) is 4.86. The van der Waals surface area contributed by atoms with Gasteiger partial charge in [-0.3, -0.25) is 9.78 Å². The molecule has 2 heterocycles. The molecule has 5 atom stereocenters. The van der Waals surface area contributed by atoms with Gasteiger partial charge in [0.1, 0.15) is 6.10 Å². The van der Waals surface area contributed by atoms with E-state index < -0.39 is 0 Å². The number of fused-ring (bicyclic) bond motifs is 1. The highest BCUT2D eigenvalue weighted by atomic mass is 16.5. The Labute approximate surface area is 165 Å². The van der Waals surface area contributed by atoms with Crippen LogP contribution in [0.25, 0.3) is 17.2 Å². The number of aromatic nitrogens is 1. The van der Waals surface area contributed by atoms with Crippen molar-refractivity contribution in [2.75, 3.05) is 0 Å². The minimum Gasteiger partial charge on any atom is -0.462 e. The first-order valence-corrected chi connectivity index (χ1v) is 9.90. The molecule has 5 unspecified atom stereocenters. The van der Waals surface area contributed by atoms with Crippen LogP contribution in [-0.2, 0) is 9.53 Å². The second-order valence-electron chi connectivity index (χ2n) is 8.03.